The van der Waals surface area contributed by atoms with Gasteiger partial charge in [0.15, 0.2) is 11.6 Å². The first-order valence-corrected chi connectivity index (χ1v) is 6.63. The van der Waals surface area contributed by atoms with Crippen LogP contribution in [0.4, 0.5) is 5.82 Å². The summed E-state index contributed by atoms with van der Waals surface area (Å²) >= 11 is 0. The molecule has 1 aromatic heterocycles. The Bertz CT molecular complexity index is 732. The highest BCUT2D eigenvalue weighted by atomic mass is 16.2. The lowest BCUT2D eigenvalue weighted by atomic mass is 10.1. The standard InChI is InChI=1S/C15H16N4O3/c1-8(20)11-5-3-10(4-6-11)7-12-18-13(14(16)22)15(19-12)17-9(2)21/h3-6H,7H2,1-2H3,(H2,16,22)(H,17,21)(H,18,19). The molecule has 0 spiro atoms. The summed E-state index contributed by atoms with van der Waals surface area (Å²) in [5.74, 6) is -0.433. The molecule has 0 aliphatic carbocycles. The van der Waals surface area contributed by atoms with Gasteiger partial charge in [-0.1, -0.05) is 24.3 Å². The normalized spacial score (nSPS) is 10.3. The van der Waals surface area contributed by atoms with Crippen molar-refractivity contribution in [2.45, 2.75) is 20.3 Å². The number of imidazole rings is 1. The second-order valence-corrected chi connectivity index (χ2v) is 4.88. The zero-order valence-corrected chi connectivity index (χ0v) is 12.3. The van der Waals surface area contributed by atoms with Crippen LogP contribution in [0.15, 0.2) is 24.3 Å². The van der Waals surface area contributed by atoms with E-state index in [0.29, 0.717) is 17.8 Å². The van der Waals surface area contributed by atoms with E-state index in [1.165, 1.54) is 13.8 Å². The van der Waals surface area contributed by atoms with Crippen molar-refractivity contribution in [2.75, 3.05) is 5.32 Å². The second kappa shape index (κ2) is 6.21. The Labute approximate surface area is 126 Å². The van der Waals surface area contributed by atoms with Gasteiger partial charge in [-0.25, -0.2) is 4.98 Å². The zero-order valence-electron chi connectivity index (χ0n) is 12.3. The highest BCUT2D eigenvalue weighted by Gasteiger charge is 2.16. The minimum atomic E-state index is -0.700. The Morgan fingerprint density at radius 1 is 1.18 bits per heavy atom. The molecule has 114 valence electrons. The predicted octanol–water partition coefficient (Wildman–Crippen LogP) is 1.26. The first kappa shape index (κ1) is 15.4. The lowest BCUT2D eigenvalue weighted by Crippen LogP contribution is -2.16. The average molecular weight is 300 g/mol. The van der Waals surface area contributed by atoms with Crippen molar-refractivity contribution in [3.8, 4) is 0 Å². The van der Waals surface area contributed by atoms with Gasteiger partial charge < -0.3 is 16.0 Å². The first-order chi connectivity index (χ1) is 10.4. The molecule has 0 saturated heterocycles. The molecule has 22 heavy (non-hydrogen) atoms. The molecular formula is C15H16N4O3. The molecule has 0 aliphatic heterocycles. The second-order valence-electron chi connectivity index (χ2n) is 4.88. The first-order valence-electron chi connectivity index (χ1n) is 6.63. The molecule has 0 radical (unpaired) electrons. The van der Waals surface area contributed by atoms with Gasteiger partial charge in [0.25, 0.3) is 5.91 Å². The molecule has 7 nitrogen and oxygen atoms in total. The number of nitrogens with two attached hydrogens (primary N) is 1. The van der Waals surface area contributed by atoms with Gasteiger partial charge in [0, 0.05) is 18.9 Å². The van der Waals surface area contributed by atoms with Crippen LogP contribution in [0, 0.1) is 0 Å². The van der Waals surface area contributed by atoms with Crippen LogP contribution in [0.1, 0.15) is 46.1 Å². The van der Waals surface area contributed by atoms with Crippen LogP contribution in [-0.2, 0) is 11.2 Å². The molecule has 2 amide bonds. The predicted molar refractivity (Wildman–Crippen MR) is 80.7 cm³/mol. The fourth-order valence-electron chi connectivity index (χ4n) is 1.99. The van der Waals surface area contributed by atoms with Gasteiger partial charge >= 0.3 is 0 Å². The largest absolute Gasteiger partial charge is 0.364 e. The van der Waals surface area contributed by atoms with Gasteiger partial charge in [0.2, 0.25) is 5.91 Å². The number of nitrogens with zero attached hydrogens (tertiary/aromatic N) is 1. The topological polar surface area (TPSA) is 118 Å². The highest BCUT2D eigenvalue weighted by molar-refractivity contribution is 6.00. The number of ketones is 1. The number of H-pyrrole nitrogens is 1. The third-order valence-electron chi connectivity index (χ3n) is 3.03. The maximum absolute atomic E-state index is 11.4. The lowest BCUT2D eigenvalue weighted by Gasteiger charge is -2.00. The summed E-state index contributed by atoms with van der Waals surface area (Å²) < 4.78 is 0. The molecule has 1 heterocycles. The molecule has 0 fully saturated rings. The summed E-state index contributed by atoms with van der Waals surface area (Å²) in [5.41, 5.74) is 6.84. The van der Waals surface area contributed by atoms with Gasteiger partial charge in [-0.3, -0.25) is 14.4 Å². The number of anilines is 1. The number of carbonyl (C=O) groups excluding carboxylic acids is 3. The zero-order chi connectivity index (χ0) is 16.3. The lowest BCUT2D eigenvalue weighted by molar-refractivity contribution is -0.114. The Morgan fingerprint density at radius 2 is 1.82 bits per heavy atom. The van der Waals surface area contributed by atoms with E-state index in [1.807, 2.05) is 0 Å². The summed E-state index contributed by atoms with van der Waals surface area (Å²) in [6, 6.07) is 7.07. The molecule has 0 atom stereocenters. The molecule has 2 aromatic rings. The molecule has 1 aromatic carbocycles. The van der Waals surface area contributed by atoms with Crippen LogP contribution in [0.2, 0.25) is 0 Å². The number of hydrogen-bond acceptors (Lipinski definition) is 4. The number of carbonyl (C=O) groups is 3. The summed E-state index contributed by atoms with van der Waals surface area (Å²) in [6.07, 6.45) is 0.415. The van der Waals surface area contributed by atoms with Gasteiger partial charge in [0.1, 0.15) is 11.5 Å². The van der Waals surface area contributed by atoms with E-state index in [4.69, 9.17) is 5.73 Å². The van der Waals surface area contributed by atoms with Gasteiger partial charge in [-0.15, -0.1) is 0 Å². The Kier molecular flexibility index (Phi) is 4.36. The van der Waals surface area contributed by atoms with Crippen LogP contribution in [0.3, 0.4) is 0 Å². The third kappa shape index (κ3) is 3.57. The van der Waals surface area contributed by atoms with Crippen LogP contribution < -0.4 is 11.1 Å². The average Bonchev–Trinajstić information content (AvgIpc) is 2.81. The molecule has 2 rings (SSSR count). The van der Waals surface area contributed by atoms with Crippen LogP contribution in [-0.4, -0.2) is 27.6 Å². The SMILES string of the molecule is CC(=O)Nc1nc(Cc2ccc(C(C)=O)cc2)[nH]c1C(N)=O. The van der Waals surface area contributed by atoms with Crippen LogP contribution in [0.25, 0.3) is 0 Å². The highest BCUT2D eigenvalue weighted by Crippen LogP contribution is 2.15. The Balaban J connectivity index is 2.23. The van der Waals surface area contributed by atoms with E-state index in [9.17, 15) is 14.4 Å². The monoisotopic (exact) mass is 300 g/mol. The maximum atomic E-state index is 11.4. The van der Waals surface area contributed by atoms with E-state index in [2.05, 4.69) is 15.3 Å². The van der Waals surface area contributed by atoms with Crippen LogP contribution in [0.5, 0.6) is 0 Å². The van der Waals surface area contributed by atoms with Crippen molar-refractivity contribution in [3.05, 3.63) is 46.9 Å². The number of benzene rings is 1. The van der Waals surface area contributed by atoms with Crippen molar-refractivity contribution in [2.24, 2.45) is 5.73 Å². The fraction of sp³-hybridized carbons (Fsp3) is 0.200. The van der Waals surface area contributed by atoms with Gasteiger partial charge in [-0.2, -0.15) is 0 Å². The maximum Gasteiger partial charge on any atom is 0.269 e. The van der Waals surface area contributed by atoms with Crippen molar-refractivity contribution < 1.29 is 14.4 Å². The summed E-state index contributed by atoms with van der Waals surface area (Å²) in [4.78, 5) is 40.7. The number of primary amides is 1. The Hall–Kier alpha value is -2.96. The number of rotatable bonds is 5. The smallest absolute Gasteiger partial charge is 0.269 e. The molecule has 0 saturated carbocycles. The number of aromatic nitrogens is 2. The number of nitrogens with one attached hydrogen (secondary N) is 2. The Morgan fingerprint density at radius 3 is 2.32 bits per heavy atom. The minimum absolute atomic E-state index is 0.00601. The number of Topliss-reactive ketones (excluding diaryl/α,β-unsaturated/α-hetero) is 1. The molecule has 4 N–H and O–H groups in total. The summed E-state index contributed by atoms with van der Waals surface area (Å²) in [6.45, 7) is 2.82. The van der Waals surface area contributed by atoms with E-state index in [-0.39, 0.29) is 23.2 Å². The summed E-state index contributed by atoms with van der Waals surface area (Å²) in [5, 5.41) is 2.46. The molecule has 0 aliphatic rings. The molecule has 0 bridgehead atoms. The third-order valence-corrected chi connectivity index (χ3v) is 3.03. The minimum Gasteiger partial charge on any atom is -0.364 e. The van der Waals surface area contributed by atoms with Gasteiger partial charge in [-0.05, 0) is 12.5 Å². The number of hydrogen-bond donors (Lipinski definition) is 3. The fourth-order valence-corrected chi connectivity index (χ4v) is 1.99. The van der Waals surface area contributed by atoms with E-state index >= 15 is 0 Å². The quantitative estimate of drug-likeness (QED) is 0.720. The van der Waals surface area contributed by atoms with Crippen LogP contribution >= 0.6 is 0 Å². The summed E-state index contributed by atoms with van der Waals surface area (Å²) in [7, 11) is 0. The van der Waals surface area contributed by atoms with Crippen molar-refractivity contribution in [1.82, 2.24) is 9.97 Å². The van der Waals surface area contributed by atoms with E-state index < -0.39 is 5.91 Å². The van der Waals surface area contributed by atoms with Crippen molar-refractivity contribution >= 4 is 23.4 Å². The molecule has 7 heteroatoms. The molecule has 0 unspecified atom stereocenters. The van der Waals surface area contributed by atoms with Gasteiger partial charge in [0.05, 0.1) is 0 Å². The van der Waals surface area contributed by atoms with Crippen molar-refractivity contribution in [3.63, 3.8) is 0 Å². The number of amides is 2. The van der Waals surface area contributed by atoms with E-state index in [0.717, 1.165) is 5.56 Å². The van der Waals surface area contributed by atoms with E-state index in [1.54, 1.807) is 24.3 Å². The molecular weight excluding hydrogens is 284 g/mol. The van der Waals surface area contributed by atoms with Crippen molar-refractivity contribution in [1.29, 1.82) is 0 Å². The number of aromatic amines is 1.